The van der Waals surface area contributed by atoms with E-state index in [-0.39, 0.29) is 0 Å². The van der Waals surface area contributed by atoms with Crippen LogP contribution in [0.3, 0.4) is 0 Å². The van der Waals surface area contributed by atoms with E-state index < -0.39 is 0 Å². The third-order valence-electron chi connectivity index (χ3n) is 6.76. The van der Waals surface area contributed by atoms with Gasteiger partial charge in [-0.15, -0.1) is 0 Å². The van der Waals surface area contributed by atoms with Gasteiger partial charge in [0.25, 0.3) is 0 Å². The Kier molecular flexibility index (Phi) is 6.89. The van der Waals surface area contributed by atoms with Gasteiger partial charge in [0.2, 0.25) is 0 Å². The molecule has 2 saturated heterocycles. The van der Waals surface area contributed by atoms with Gasteiger partial charge in [-0.3, -0.25) is 4.90 Å². The molecule has 0 amide bonds. The molecule has 0 aromatic heterocycles. The summed E-state index contributed by atoms with van der Waals surface area (Å²) in [5, 5.41) is 0. The Morgan fingerprint density at radius 2 is 1.72 bits per heavy atom. The molecule has 0 saturated carbocycles. The second-order valence-electron chi connectivity index (χ2n) is 8.75. The summed E-state index contributed by atoms with van der Waals surface area (Å²) in [6, 6.07) is 15.8. The van der Waals surface area contributed by atoms with Crippen LogP contribution in [-0.2, 0) is 11.2 Å². The van der Waals surface area contributed by atoms with Crippen LogP contribution in [0.2, 0.25) is 0 Å². The second-order valence-corrected chi connectivity index (χ2v) is 8.75. The number of hydrogen-bond donors (Lipinski definition) is 0. The molecule has 29 heavy (non-hydrogen) atoms. The van der Waals surface area contributed by atoms with Gasteiger partial charge >= 0.3 is 0 Å². The summed E-state index contributed by atoms with van der Waals surface area (Å²) in [5.41, 5.74) is 7.08. The summed E-state index contributed by atoms with van der Waals surface area (Å²) in [4.78, 5) is 5.20. The van der Waals surface area contributed by atoms with Gasteiger partial charge in [-0.05, 0) is 80.8 Å². The van der Waals surface area contributed by atoms with Crippen LogP contribution < -0.4 is 4.90 Å². The molecule has 1 unspecified atom stereocenters. The van der Waals surface area contributed by atoms with E-state index in [1.54, 1.807) is 0 Å². The Balaban J connectivity index is 1.16. The lowest BCUT2D eigenvalue weighted by Crippen LogP contribution is -2.46. The molecule has 0 spiro atoms. The van der Waals surface area contributed by atoms with E-state index in [1.165, 1.54) is 79.7 Å². The molecule has 2 aliphatic rings. The molecule has 2 aromatic rings. The largest absolute Gasteiger partial charge is 0.374 e. The third kappa shape index (κ3) is 5.21. The number of aryl methyl sites for hydroxylation is 2. The molecular weight excluding hydrogens is 356 g/mol. The summed E-state index contributed by atoms with van der Waals surface area (Å²) in [7, 11) is 0. The Hall–Kier alpha value is -1.84. The highest BCUT2D eigenvalue weighted by Gasteiger charge is 2.19. The summed E-state index contributed by atoms with van der Waals surface area (Å²) in [6.45, 7) is 11.3. The van der Waals surface area contributed by atoms with Crippen LogP contribution in [0.15, 0.2) is 42.5 Å². The van der Waals surface area contributed by atoms with Crippen molar-refractivity contribution in [2.24, 2.45) is 0 Å². The summed E-state index contributed by atoms with van der Waals surface area (Å²) < 4.78 is 5.78. The number of hydrogen-bond acceptors (Lipinski definition) is 3. The third-order valence-corrected chi connectivity index (χ3v) is 6.76. The fraction of sp³-hybridized carbons (Fsp3) is 0.538. The molecular formula is C26H36N2O. The van der Waals surface area contributed by atoms with Gasteiger partial charge in [0.05, 0.1) is 6.10 Å². The fourth-order valence-electron chi connectivity index (χ4n) is 4.69. The monoisotopic (exact) mass is 392 g/mol. The summed E-state index contributed by atoms with van der Waals surface area (Å²) >= 11 is 0. The number of rotatable bonds is 7. The molecule has 1 atom stereocenters. The standard InChI is InChI=1S/C26H36N2O/c1-21-7-5-9-25(22(21)2)28-18-16-27(17-19-28)15-4-3-8-23-11-13-24(14-12-23)26-10-6-20-29-26/h5,7,9,11-14,26H,3-4,6,8,10,15-20H2,1-2H3. The van der Waals surface area contributed by atoms with Crippen molar-refractivity contribution >= 4 is 5.69 Å². The van der Waals surface area contributed by atoms with Crippen LogP contribution in [-0.4, -0.2) is 44.2 Å². The lowest BCUT2D eigenvalue weighted by molar-refractivity contribution is 0.112. The number of nitrogens with zero attached hydrogens (tertiary/aromatic N) is 2. The predicted molar refractivity (Wildman–Crippen MR) is 122 cm³/mol. The molecule has 0 aliphatic carbocycles. The lowest BCUT2D eigenvalue weighted by Gasteiger charge is -2.37. The van der Waals surface area contributed by atoms with E-state index in [9.17, 15) is 0 Å². The number of ether oxygens (including phenoxy) is 1. The minimum atomic E-state index is 0.339. The predicted octanol–water partition coefficient (Wildman–Crippen LogP) is 5.30. The highest BCUT2D eigenvalue weighted by molar-refractivity contribution is 5.56. The normalized spacial score (nSPS) is 20.3. The number of anilines is 1. The van der Waals surface area contributed by atoms with E-state index in [1.807, 2.05) is 0 Å². The van der Waals surface area contributed by atoms with Crippen LogP contribution in [0.5, 0.6) is 0 Å². The fourth-order valence-corrected chi connectivity index (χ4v) is 4.69. The second kappa shape index (κ2) is 9.77. The van der Waals surface area contributed by atoms with Gasteiger partial charge in [0.1, 0.15) is 0 Å². The van der Waals surface area contributed by atoms with E-state index in [0.29, 0.717) is 6.10 Å². The zero-order chi connectivity index (χ0) is 20.1. The van der Waals surface area contributed by atoms with Gasteiger partial charge < -0.3 is 9.64 Å². The molecule has 2 heterocycles. The van der Waals surface area contributed by atoms with Crippen LogP contribution in [0.25, 0.3) is 0 Å². The smallest absolute Gasteiger partial charge is 0.0825 e. The number of piperazine rings is 1. The SMILES string of the molecule is Cc1cccc(N2CCN(CCCCc3ccc(C4CCCO4)cc3)CC2)c1C. The molecule has 2 fully saturated rings. The average Bonchev–Trinajstić information content (AvgIpc) is 3.29. The van der Waals surface area contributed by atoms with Crippen molar-refractivity contribution in [2.75, 3.05) is 44.2 Å². The molecule has 0 radical (unpaired) electrons. The maximum atomic E-state index is 5.78. The van der Waals surface area contributed by atoms with Crippen molar-refractivity contribution in [3.8, 4) is 0 Å². The first kappa shape index (κ1) is 20.4. The minimum Gasteiger partial charge on any atom is -0.374 e. The first-order chi connectivity index (χ1) is 14.2. The molecule has 2 aliphatic heterocycles. The van der Waals surface area contributed by atoms with Gasteiger partial charge in [0.15, 0.2) is 0 Å². The van der Waals surface area contributed by atoms with Crippen molar-refractivity contribution < 1.29 is 4.74 Å². The Bertz CT molecular complexity index is 772. The van der Waals surface area contributed by atoms with E-state index in [2.05, 4.69) is 66.1 Å². The Morgan fingerprint density at radius 3 is 2.45 bits per heavy atom. The maximum absolute atomic E-state index is 5.78. The lowest BCUT2D eigenvalue weighted by atomic mass is 10.0. The van der Waals surface area contributed by atoms with Crippen molar-refractivity contribution in [1.82, 2.24) is 4.90 Å². The summed E-state index contributed by atoms with van der Waals surface area (Å²) in [6.07, 6.45) is 6.47. The van der Waals surface area contributed by atoms with Gasteiger partial charge in [-0.2, -0.15) is 0 Å². The summed E-state index contributed by atoms with van der Waals surface area (Å²) in [5.74, 6) is 0. The topological polar surface area (TPSA) is 15.7 Å². The molecule has 156 valence electrons. The highest BCUT2D eigenvalue weighted by atomic mass is 16.5. The van der Waals surface area contributed by atoms with Gasteiger partial charge in [-0.25, -0.2) is 0 Å². The van der Waals surface area contributed by atoms with E-state index >= 15 is 0 Å². The molecule has 0 bridgehead atoms. The Morgan fingerprint density at radius 1 is 0.931 bits per heavy atom. The molecule has 3 heteroatoms. The van der Waals surface area contributed by atoms with Gasteiger partial charge in [-0.1, -0.05) is 36.4 Å². The molecule has 2 aromatic carbocycles. The average molecular weight is 393 g/mol. The van der Waals surface area contributed by atoms with Crippen molar-refractivity contribution in [2.45, 2.75) is 52.1 Å². The van der Waals surface area contributed by atoms with Crippen molar-refractivity contribution in [1.29, 1.82) is 0 Å². The zero-order valence-corrected chi connectivity index (χ0v) is 18.2. The Labute approximate surface area is 176 Å². The molecule has 0 N–H and O–H groups in total. The molecule has 3 nitrogen and oxygen atoms in total. The number of benzene rings is 2. The number of unbranched alkanes of at least 4 members (excludes halogenated alkanes) is 1. The molecule has 4 rings (SSSR count). The van der Waals surface area contributed by atoms with E-state index in [0.717, 1.165) is 19.7 Å². The first-order valence-corrected chi connectivity index (χ1v) is 11.4. The van der Waals surface area contributed by atoms with Crippen LogP contribution >= 0.6 is 0 Å². The van der Waals surface area contributed by atoms with Gasteiger partial charge in [0, 0.05) is 38.5 Å². The van der Waals surface area contributed by atoms with Crippen LogP contribution in [0, 0.1) is 13.8 Å². The van der Waals surface area contributed by atoms with Crippen molar-refractivity contribution in [3.05, 3.63) is 64.7 Å². The van der Waals surface area contributed by atoms with Crippen LogP contribution in [0.1, 0.15) is 54.0 Å². The van der Waals surface area contributed by atoms with Crippen molar-refractivity contribution in [3.63, 3.8) is 0 Å². The van der Waals surface area contributed by atoms with E-state index in [4.69, 9.17) is 4.74 Å². The van der Waals surface area contributed by atoms with Crippen LogP contribution in [0.4, 0.5) is 5.69 Å². The zero-order valence-electron chi connectivity index (χ0n) is 18.2. The highest BCUT2D eigenvalue weighted by Crippen LogP contribution is 2.28. The maximum Gasteiger partial charge on any atom is 0.0825 e. The minimum absolute atomic E-state index is 0.339. The first-order valence-electron chi connectivity index (χ1n) is 11.4. The quantitative estimate of drug-likeness (QED) is 0.595.